The molecule has 92 valence electrons. The lowest BCUT2D eigenvalue weighted by Gasteiger charge is -2.21. The van der Waals surface area contributed by atoms with Crippen molar-refractivity contribution in [3.63, 3.8) is 0 Å². The number of imidazole rings is 1. The second-order valence-corrected chi connectivity index (χ2v) is 4.74. The molecule has 0 spiro atoms. The van der Waals surface area contributed by atoms with E-state index in [0.717, 1.165) is 24.2 Å². The Hall–Kier alpha value is -1.35. The van der Waals surface area contributed by atoms with E-state index in [-0.39, 0.29) is 12.1 Å². The van der Waals surface area contributed by atoms with Crippen molar-refractivity contribution >= 4 is 11.0 Å². The molecule has 0 aliphatic carbocycles. The van der Waals surface area contributed by atoms with Gasteiger partial charge in [0.25, 0.3) is 0 Å². The number of aromatic nitrogens is 2. The molecule has 0 saturated carbocycles. The maximum absolute atomic E-state index is 6.03. The fourth-order valence-corrected chi connectivity index (χ4v) is 2.18. The van der Waals surface area contributed by atoms with Gasteiger partial charge in [-0.25, -0.2) is 4.98 Å². The normalized spacial score (nSPS) is 15.1. The molecule has 0 bridgehead atoms. The molecule has 1 heterocycles. The van der Waals surface area contributed by atoms with Crippen LogP contribution in [0.5, 0.6) is 0 Å². The van der Waals surface area contributed by atoms with Crippen molar-refractivity contribution in [2.75, 3.05) is 0 Å². The molecule has 0 aliphatic heterocycles. The van der Waals surface area contributed by atoms with Gasteiger partial charge in [0.05, 0.1) is 11.0 Å². The molecule has 2 aromatic rings. The number of aryl methyl sites for hydroxylation is 1. The van der Waals surface area contributed by atoms with E-state index in [9.17, 15) is 0 Å². The Bertz CT molecular complexity index is 499. The Morgan fingerprint density at radius 1 is 1.29 bits per heavy atom. The zero-order chi connectivity index (χ0) is 12.4. The van der Waals surface area contributed by atoms with Crippen molar-refractivity contribution in [3.05, 3.63) is 30.1 Å². The second kappa shape index (κ2) is 4.88. The van der Waals surface area contributed by atoms with Crippen LogP contribution in [0.3, 0.4) is 0 Å². The first kappa shape index (κ1) is 12.1. The zero-order valence-corrected chi connectivity index (χ0v) is 10.9. The summed E-state index contributed by atoms with van der Waals surface area (Å²) in [7, 11) is 0. The van der Waals surface area contributed by atoms with Gasteiger partial charge in [0.1, 0.15) is 5.82 Å². The first-order valence-electron chi connectivity index (χ1n) is 6.36. The van der Waals surface area contributed by atoms with Crippen molar-refractivity contribution in [2.24, 2.45) is 5.73 Å². The van der Waals surface area contributed by atoms with Crippen LogP contribution in [0.2, 0.25) is 0 Å². The fourth-order valence-electron chi connectivity index (χ4n) is 2.18. The number of nitrogens with zero attached hydrogens (tertiary/aromatic N) is 2. The first-order chi connectivity index (χ1) is 8.15. The molecular weight excluding hydrogens is 210 g/mol. The van der Waals surface area contributed by atoms with E-state index in [1.807, 2.05) is 6.07 Å². The summed E-state index contributed by atoms with van der Waals surface area (Å²) < 4.78 is 2.30. The van der Waals surface area contributed by atoms with Gasteiger partial charge in [0.15, 0.2) is 0 Å². The van der Waals surface area contributed by atoms with Gasteiger partial charge in [-0.15, -0.1) is 0 Å². The Morgan fingerprint density at radius 3 is 2.65 bits per heavy atom. The van der Waals surface area contributed by atoms with Crippen molar-refractivity contribution in [3.8, 4) is 0 Å². The van der Waals surface area contributed by atoms with Gasteiger partial charge in [-0.2, -0.15) is 0 Å². The predicted octanol–water partition coefficient (Wildman–Crippen LogP) is 2.90. The summed E-state index contributed by atoms with van der Waals surface area (Å²) in [6, 6.07) is 8.70. The van der Waals surface area contributed by atoms with Gasteiger partial charge in [0, 0.05) is 18.5 Å². The minimum absolute atomic E-state index is 0.128. The quantitative estimate of drug-likeness (QED) is 0.879. The standard InChI is InChI=1S/C14H21N3/c1-4-7-14-16-12-8-5-6-9-13(12)17(14)11(3)10(2)15/h5-6,8-11H,4,7,15H2,1-3H3. The van der Waals surface area contributed by atoms with Crippen LogP contribution in [-0.2, 0) is 6.42 Å². The van der Waals surface area contributed by atoms with Crippen molar-refractivity contribution in [1.29, 1.82) is 0 Å². The molecule has 1 aromatic carbocycles. The van der Waals surface area contributed by atoms with Gasteiger partial charge in [-0.05, 0) is 32.4 Å². The highest BCUT2D eigenvalue weighted by atomic mass is 15.1. The third-order valence-corrected chi connectivity index (χ3v) is 3.31. The fraction of sp³-hybridized carbons (Fsp3) is 0.500. The third-order valence-electron chi connectivity index (χ3n) is 3.31. The summed E-state index contributed by atoms with van der Waals surface area (Å²) in [5.41, 5.74) is 8.30. The van der Waals surface area contributed by atoms with Crippen molar-refractivity contribution in [2.45, 2.75) is 45.7 Å². The zero-order valence-electron chi connectivity index (χ0n) is 10.9. The Balaban J connectivity index is 2.59. The second-order valence-electron chi connectivity index (χ2n) is 4.74. The minimum atomic E-state index is 0.128. The lowest BCUT2D eigenvalue weighted by Crippen LogP contribution is -2.28. The number of hydrogen-bond acceptors (Lipinski definition) is 2. The Kier molecular flexibility index (Phi) is 3.48. The lowest BCUT2D eigenvalue weighted by atomic mass is 10.1. The van der Waals surface area contributed by atoms with Gasteiger partial charge in [-0.3, -0.25) is 0 Å². The third kappa shape index (κ3) is 2.20. The summed E-state index contributed by atoms with van der Waals surface area (Å²) in [5.74, 6) is 1.15. The summed E-state index contributed by atoms with van der Waals surface area (Å²) >= 11 is 0. The van der Waals surface area contributed by atoms with Gasteiger partial charge in [-0.1, -0.05) is 19.1 Å². The van der Waals surface area contributed by atoms with Crippen LogP contribution in [-0.4, -0.2) is 15.6 Å². The monoisotopic (exact) mass is 231 g/mol. The molecule has 17 heavy (non-hydrogen) atoms. The summed E-state index contributed by atoms with van der Waals surface area (Å²) in [5, 5.41) is 0. The lowest BCUT2D eigenvalue weighted by molar-refractivity contribution is 0.459. The van der Waals surface area contributed by atoms with Crippen LogP contribution in [0, 0.1) is 0 Å². The van der Waals surface area contributed by atoms with E-state index >= 15 is 0 Å². The van der Waals surface area contributed by atoms with E-state index in [2.05, 4.69) is 43.5 Å². The minimum Gasteiger partial charge on any atom is -0.326 e. The molecule has 0 saturated heterocycles. The van der Waals surface area contributed by atoms with E-state index in [0.29, 0.717) is 0 Å². The Morgan fingerprint density at radius 2 is 2.00 bits per heavy atom. The van der Waals surface area contributed by atoms with Gasteiger partial charge in [0.2, 0.25) is 0 Å². The first-order valence-corrected chi connectivity index (χ1v) is 6.36. The van der Waals surface area contributed by atoms with Crippen LogP contribution in [0.25, 0.3) is 11.0 Å². The van der Waals surface area contributed by atoms with Crippen LogP contribution in [0.4, 0.5) is 0 Å². The highest BCUT2D eigenvalue weighted by molar-refractivity contribution is 5.76. The smallest absolute Gasteiger partial charge is 0.110 e. The summed E-state index contributed by atoms with van der Waals surface area (Å²) in [6.45, 7) is 6.40. The molecule has 1 aromatic heterocycles. The van der Waals surface area contributed by atoms with Crippen molar-refractivity contribution < 1.29 is 0 Å². The maximum Gasteiger partial charge on any atom is 0.110 e. The highest BCUT2D eigenvalue weighted by Crippen LogP contribution is 2.23. The average molecular weight is 231 g/mol. The van der Waals surface area contributed by atoms with Crippen LogP contribution in [0.1, 0.15) is 39.1 Å². The number of para-hydroxylation sites is 2. The molecule has 2 unspecified atom stereocenters. The van der Waals surface area contributed by atoms with Crippen molar-refractivity contribution in [1.82, 2.24) is 9.55 Å². The van der Waals surface area contributed by atoms with E-state index in [1.54, 1.807) is 0 Å². The van der Waals surface area contributed by atoms with Gasteiger partial charge >= 0.3 is 0 Å². The summed E-state index contributed by atoms with van der Waals surface area (Å²) in [4.78, 5) is 4.71. The number of nitrogens with two attached hydrogens (primary N) is 1. The number of benzene rings is 1. The molecule has 0 aliphatic rings. The van der Waals surface area contributed by atoms with E-state index in [1.165, 1.54) is 5.52 Å². The molecule has 2 N–H and O–H groups in total. The van der Waals surface area contributed by atoms with Crippen LogP contribution >= 0.6 is 0 Å². The molecule has 0 fully saturated rings. The van der Waals surface area contributed by atoms with E-state index in [4.69, 9.17) is 10.7 Å². The number of fused-ring (bicyclic) bond motifs is 1. The van der Waals surface area contributed by atoms with Crippen LogP contribution in [0.15, 0.2) is 24.3 Å². The number of hydrogen-bond donors (Lipinski definition) is 1. The Labute approximate surface area is 103 Å². The molecule has 2 atom stereocenters. The highest BCUT2D eigenvalue weighted by Gasteiger charge is 2.17. The average Bonchev–Trinajstić information content (AvgIpc) is 2.66. The predicted molar refractivity (Wildman–Crippen MR) is 72.1 cm³/mol. The largest absolute Gasteiger partial charge is 0.326 e. The van der Waals surface area contributed by atoms with E-state index < -0.39 is 0 Å². The maximum atomic E-state index is 6.03. The van der Waals surface area contributed by atoms with Crippen LogP contribution < -0.4 is 5.73 Å². The van der Waals surface area contributed by atoms with Gasteiger partial charge < -0.3 is 10.3 Å². The molecule has 2 rings (SSSR count). The number of rotatable bonds is 4. The SMILES string of the molecule is CCCc1nc2ccccc2n1C(C)C(C)N. The molecule has 3 nitrogen and oxygen atoms in total. The molecule has 0 amide bonds. The molecular formula is C14H21N3. The summed E-state index contributed by atoms with van der Waals surface area (Å²) in [6.07, 6.45) is 2.11. The topological polar surface area (TPSA) is 43.8 Å². The molecule has 0 radical (unpaired) electrons. The molecule has 3 heteroatoms.